The largest absolute Gasteiger partial charge is 0.391 e. The van der Waals surface area contributed by atoms with Crippen LogP contribution in [0.1, 0.15) is 22.5 Å². The molecule has 3 atom stereocenters. The standard InChI is InChI=1S/C15H20N4O5S.ClH/c20-11-8-16-6-9(11)7-17-14(21)10-2-1-5-18(10)15(22)12-3-4-13(25-12)19(23)24;/h3-4,9-11,16,20H,1-2,5-8H2,(H,17,21);1H. The molecular formula is C15H21ClN4O5S. The number of thiophene rings is 1. The Bertz CT molecular complexity index is 685. The highest BCUT2D eigenvalue weighted by Crippen LogP contribution is 2.28. The fraction of sp³-hybridized carbons (Fsp3) is 0.600. The van der Waals surface area contributed by atoms with Crippen molar-refractivity contribution in [2.24, 2.45) is 5.92 Å². The minimum absolute atomic E-state index is 0. The molecule has 3 N–H and O–H groups in total. The van der Waals surface area contributed by atoms with Gasteiger partial charge in [0.1, 0.15) is 6.04 Å². The van der Waals surface area contributed by atoms with Gasteiger partial charge >= 0.3 is 5.00 Å². The van der Waals surface area contributed by atoms with Gasteiger partial charge in [-0.3, -0.25) is 19.7 Å². The van der Waals surface area contributed by atoms with Crippen LogP contribution >= 0.6 is 23.7 Å². The Balaban J connectivity index is 0.00000243. The van der Waals surface area contributed by atoms with E-state index in [1.807, 2.05) is 0 Å². The highest BCUT2D eigenvalue weighted by Gasteiger charge is 2.36. The molecule has 1 aromatic heterocycles. The van der Waals surface area contributed by atoms with Gasteiger partial charge in [0.2, 0.25) is 5.91 Å². The van der Waals surface area contributed by atoms with Crippen molar-refractivity contribution in [2.75, 3.05) is 26.2 Å². The number of aliphatic hydroxyl groups is 1. The summed E-state index contributed by atoms with van der Waals surface area (Å²) in [6.07, 6.45) is 0.801. The van der Waals surface area contributed by atoms with Gasteiger partial charge in [0, 0.05) is 38.2 Å². The molecule has 2 aliphatic heterocycles. The Morgan fingerprint density at radius 3 is 2.81 bits per heavy atom. The number of nitro groups is 1. The second-order valence-corrected chi connectivity index (χ2v) is 7.34. The normalized spacial score (nSPS) is 25.0. The summed E-state index contributed by atoms with van der Waals surface area (Å²) in [7, 11) is 0. The zero-order chi connectivity index (χ0) is 18.0. The first kappa shape index (κ1) is 20.6. The summed E-state index contributed by atoms with van der Waals surface area (Å²) in [6, 6.07) is 2.16. The van der Waals surface area contributed by atoms with Crippen molar-refractivity contribution in [3.63, 3.8) is 0 Å². The van der Waals surface area contributed by atoms with Gasteiger partial charge in [-0.05, 0) is 18.9 Å². The molecular weight excluding hydrogens is 384 g/mol. The van der Waals surface area contributed by atoms with Crippen LogP contribution in [-0.2, 0) is 4.79 Å². The summed E-state index contributed by atoms with van der Waals surface area (Å²) in [6.45, 7) is 1.98. The molecule has 26 heavy (non-hydrogen) atoms. The number of aliphatic hydroxyl groups excluding tert-OH is 1. The zero-order valence-electron chi connectivity index (χ0n) is 13.9. The molecule has 2 fully saturated rings. The monoisotopic (exact) mass is 404 g/mol. The number of β-amino-alcohol motifs (C(OH)–C–C–N with tert-alkyl or cyclic N) is 1. The van der Waals surface area contributed by atoms with E-state index in [4.69, 9.17) is 0 Å². The van der Waals surface area contributed by atoms with E-state index in [1.165, 1.54) is 17.0 Å². The molecule has 0 bridgehead atoms. The summed E-state index contributed by atoms with van der Waals surface area (Å²) in [5, 5.41) is 26.3. The summed E-state index contributed by atoms with van der Waals surface area (Å²) in [5.74, 6) is -0.622. The number of hydrogen-bond acceptors (Lipinski definition) is 7. The van der Waals surface area contributed by atoms with Crippen LogP contribution in [0.3, 0.4) is 0 Å². The van der Waals surface area contributed by atoms with E-state index in [1.54, 1.807) is 0 Å². The maximum absolute atomic E-state index is 12.6. The zero-order valence-corrected chi connectivity index (χ0v) is 15.6. The third-order valence-electron chi connectivity index (χ3n) is 4.64. The van der Waals surface area contributed by atoms with E-state index in [0.29, 0.717) is 39.0 Å². The van der Waals surface area contributed by atoms with Gasteiger partial charge in [0.25, 0.3) is 5.91 Å². The van der Waals surface area contributed by atoms with E-state index >= 15 is 0 Å². The molecule has 0 radical (unpaired) electrons. The lowest BCUT2D eigenvalue weighted by atomic mass is 10.1. The van der Waals surface area contributed by atoms with Crippen molar-refractivity contribution in [1.82, 2.24) is 15.5 Å². The van der Waals surface area contributed by atoms with Gasteiger partial charge in [0.15, 0.2) is 0 Å². The predicted octanol–water partition coefficient (Wildman–Crippen LogP) is 0.379. The first-order valence-electron chi connectivity index (χ1n) is 8.19. The van der Waals surface area contributed by atoms with E-state index < -0.39 is 17.1 Å². The van der Waals surface area contributed by atoms with Crippen LogP contribution in [0.4, 0.5) is 5.00 Å². The van der Waals surface area contributed by atoms with Crippen LogP contribution < -0.4 is 10.6 Å². The van der Waals surface area contributed by atoms with Crippen LogP contribution in [0.25, 0.3) is 0 Å². The van der Waals surface area contributed by atoms with Gasteiger partial charge in [-0.2, -0.15) is 0 Å². The lowest BCUT2D eigenvalue weighted by Crippen LogP contribution is -2.47. The molecule has 0 spiro atoms. The number of carbonyl (C=O) groups excluding carboxylic acids is 2. The molecule has 3 heterocycles. The fourth-order valence-electron chi connectivity index (χ4n) is 3.24. The number of carbonyl (C=O) groups is 2. The van der Waals surface area contributed by atoms with E-state index in [-0.39, 0.29) is 40.0 Å². The van der Waals surface area contributed by atoms with Gasteiger partial charge in [0.05, 0.1) is 15.9 Å². The summed E-state index contributed by atoms with van der Waals surface area (Å²) >= 11 is 0.820. The number of hydrogen-bond donors (Lipinski definition) is 3. The average Bonchev–Trinajstić information content (AvgIpc) is 3.32. The highest BCUT2D eigenvalue weighted by molar-refractivity contribution is 7.17. The SMILES string of the molecule is Cl.O=C(NCC1CNCC1O)C1CCCN1C(=O)c1ccc([N+](=O)[O-])s1. The molecule has 144 valence electrons. The molecule has 2 saturated heterocycles. The first-order chi connectivity index (χ1) is 12.0. The Morgan fingerprint density at radius 2 is 2.19 bits per heavy atom. The minimum atomic E-state index is -0.569. The van der Waals surface area contributed by atoms with Crippen molar-refractivity contribution in [3.8, 4) is 0 Å². The van der Waals surface area contributed by atoms with E-state index in [0.717, 1.165) is 11.3 Å². The van der Waals surface area contributed by atoms with Crippen LogP contribution in [0.5, 0.6) is 0 Å². The van der Waals surface area contributed by atoms with Gasteiger partial charge in [-0.15, -0.1) is 12.4 Å². The molecule has 0 saturated carbocycles. The van der Waals surface area contributed by atoms with Crippen LogP contribution in [-0.4, -0.2) is 65.1 Å². The summed E-state index contributed by atoms with van der Waals surface area (Å²) < 4.78 is 0. The van der Waals surface area contributed by atoms with Crippen LogP contribution in [0.2, 0.25) is 0 Å². The Kier molecular flexibility index (Phi) is 6.93. The molecule has 2 aliphatic rings. The predicted molar refractivity (Wildman–Crippen MR) is 97.7 cm³/mol. The molecule has 11 heteroatoms. The van der Waals surface area contributed by atoms with Crippen LogP contribution in [0, 0.1) is 16.0 Å². The van der Waals surface area contributed by atoms with Crippen molar-refractivity contribution < 1.29 is 19.6 Å². The molecule has 0 aromatic carbocycles. The van der Waals surface area contributed by atoms with Crippen molar-refractivity contribution >= 4 is 40.6 Å². The maximum atomic E-state index is 12.6. The smallest absolute Gasteiger partial charge is 0.324 e. The van der Waals surface area contributed by atoms with Gasteiger partial charge in [-0.25, -0.2) is 0 Å². The third kappa shape index (κ3) is 4.32. The average molecular weight is 405 g/mol. The summed E-state index contributed by atoms with van der Waals surface area (Å²) in [5.41, 5.74) is 0. The van der Waals surface area contributed by atoms with Crippen molar-refractivity contribution in [2.45, 2.75) is 25.0 Å². The fourth-order valence-corrected chi connectivity index (χ4v) is 4.02. The Labute approximate surface area is 160 Å². The van der Waals surface area contributed by atoms with Gasteiger partial charge < -0.3 is 20.6 Å². The number of nitrogens with one attached hydrogen (secondary N) is 2. The molecule has 1 aromatic rings. The first-order valence-corrected chi connectivity index (χ1v) is 9.00. The van der Waals surface area contributed by atoms with Crippen molar-refractivity contribution in [1.29, 1.82) is 0 Å². The topological polar surface area (TPSA) is 125 Å². The lowest BCUT2D eigenvalue weighted by molar-refractivity contribution is -0.380. The lowest BCUT2D eigenvalue weighted by Gasteiger charge is -2.24. The summed E-state index contributed by atoms with van der Waals surface area (Å²) in [4.78, 5) is 37.0. The Hall–Kier alpha value is -1.75. The molecule has 3 rings (SSSR count). The van der Waals surface area contributed by atoms with E-state index in [2.05, 4.69) is 10.6 Å². The maximum Gasteiger partial charge on any atom is 0.324 e. The second-order valence-electron chi connectivity index (χ2n) is 6.28. The Morgan fingerprint density at radius 1 is 1.42 bits per heavy atom. The van der Waals surface area contributed by atoms with Crippen LogP contribution in [0.15, 0.2) is 12.1 Å². The molecule has 9 nitrogen and oxygen atoms in total. The number of nitrogens with zero attached hydrogens (tertiary/aromatic N) is 2. The minimum Gasteiger partial charge on any atom is -0.391 e. The number of amides is 2. The number of rotatable bonds is 5. The van der Waals surface area contributed by atoms with E-state index in [9.17, 15) is 24.8 Å². The highest BCUT2D eigenvalue weighted by atomic mass is 35.5. The molecule has 0 aliphatic carbocycles. The number of halogens is 1. The third-order valence-corrected chi connectivity index (χ3v) is 5.67. The van der Waals surface area contributed by atoms with Crippen molar-refractivity contribution in [3.05, 3.63) is 27.1 Å². The molecule has 3 unspecified atom stereocenters. The number of likely N-dealkylation sites (tertiary alicyclic amines) is 1. The van der Waals surface area contributed by atoms with Gasteiger partial charge in [-0.1, -0.05) is 11.3 Å². The quantitative estimate of drug-likeness (QED) is 0.481. The second kappa shape index (κ2) is 8.76. The molecule has 2 amide bonds.